The fourth-order valence-corrected chi connectivity index (χ4v) is 2.24. The lowest BCUT2D eigenvalue weighted by molar-refractivity contribution is 0.0240. The summed E-state index contributed by atoms with van der Waals surface area (Å²) in [4.78, 5) is 22.6. The molecule has 0 atom stereocenters. The third-order valence-electron chi connectivity index (χ3n) is 3.31. The van der Waals surface area contributed by atoms with Gasteiger partial charge < -0.3 is 9.47 Å². The van der Waals surface area contributed by atoms with Crippen LogP contribution in [0.4, 0.5) is 4.79 Å². The highest BCUT2D eigenvalue weighted by atomic mass is 16.6. The molecule has 0 unspecified atom stereocenters. The predicted octanol–water partition coefficient (Wildman–Crippen LogP) is 2.58. The van der Waals surface area contributed by atoms with Crippen molar-refractivity contribution < 1.29 is 14.3 Å². The van der Waals surface area contributed by atoms with Gasteiger partial charge in [-0.3, -0.25) is 4.90 Å². The number of nitrogens with zero attached hydrogens (tertiary/aromatic N) is 3. The van der Waals surface area contributed by atoms with Crippen molar-refractivity contribution in [3.8, 4) is 5.88 Å². The Morgan fingerprint density at radius 2 is 1.95 bits per heavy atom. The number of hydrogen-bond acceptors (Lipinski definition) is 5. The summed E-state index contributed by atoms with van der Waals surface area (Å²) in [5, 5.41) is 0. The highest BCUT2D eigenvalue weighted by molar-refractivity contribution is 5.69. The lowest BCUT2D eigenvalue weighted by Gasteiger charge is -2.23. The first-order valence-electron chi connectivity index (χ1n) is 7.33. The summed E-state index contributed by atoms with van der Waals surface area (Å²) in [6.45, 7) is 8.33. The van der Waals surface area contributed by atoms with Gasteiger partial charge in [0, 0.05) is 0 Å². The predicted molar refractivity (Wildman–Crippen MR) is 75.9 cm³/mol. The SMILES string of the molecule is Cc1nc2c(c(OC3CC3)n1)CN(C(=O)OC(C)(C)C)C2. The van der Waals surface area contributed by atoms with E-state index in [0.717, 1.165) is 24.1 Å². The Labute approximate surface area is 124 Å². The summed E-state index contributed by atoms with van der Waals surface area (Å²) < 4.78 is 11.3. The zero-order valence-corrected chi connectivity index (χ0v) is 13.0. The molecule has 3 rings (SSSR count). The maximum atomic E-state index is 12.2. The van der Waals surface area contributed by atoms with E-state index in [1.54, 1.807) is 4.90 Å². The maximum absolute atomic E-state index is 12.2. The van der Waals surface area contributed by atoms with E-state index in [2.05, 4.69) is 9.97 Å². The van der Waals surface area contributed by atoms with Crippen molar-refractivity contribution in [2.75, 3.05) is 0 Å². The van der Waals surface area contributed by atoms with Gasteiger partial charge in [0.05, 0.1) is 24.3 Å². The number of aryl methyl sites for hydroxylation is 1. The van der Waals surface area contributed by atoms with Gasteiger partial charge in [0.15, 0.2) is 0 Å². The van der Waals surface area contributed by atoms with E-state index in [0.29, 0.717) is 24.8 Å². The van der Waals surface area contributed by atoms with Crippen LogP contribution in [-0.4, -0.2) is 32.7 Å². The second kappa shape index (κ2) is 4.86. The van der Waals surface area contributed by atoms with Crippen LogP contribution in [0.25, 0.3) is 0 Å². The van der Waals surface area contributed by atoms with Crippen LogP contribution in [0.3, 0.4) is 0 Å². The van der Waals surface area contributed by atoms with Crippen LogP contribution in [0.2, 0.25) is 0 Å². The summed E-state index contributed by atoms with van der Waals surface area (Å²) in [7, 11) is 0. The van der Waals surface area contributed by atoms with Gasteiger partial charge >= 0.3 is 6.09 Å². The van der Waals surface area contributed by atoms with Crippen molar-refractivity contribution in [1.82, 2.24) is 14.9 Å². The lowest BCUT2D eigenvalue weighted by Crippen LogP contribution is -2.33. The van der Waals surface area contributed by atoms with Crippen LogP contribution in [0.1, 0.15) is 50.7 Å². The molecule has 0 N–H and O–H groups in total. The van der Waals surface area contributed by atoms with Crippen LogP contribution < -0.4 is 4.74 Å². The Balaban J connectivity index is 1.78. The Morgan fingerprint density at radius 1 is 1.24 bits per heavy atom. The number of rotatable bonds is 2. The van der Waals surface area contributed by atoms with Gasteiger partial charge in [-0.15, -0.1) is 0 Å². The monoisotopic (exact) mass is 291 g/mol. The molecule has 1 fully saturated rings. The van der Waals surface area contributed by atoms with Gasteiger partial charge in [-0.2, -0.15) is 4.98 Å². The van der Waals surface area contributed by atoms with Gasteiger partial charge in [-0.25, -0.2) is 9.78 Å². The summed E-state index contributed by atoms with van der Waals surface area (Å²) in [5.74, 6) is 1.31. The number of hydrogen-bond donors (Lipinski definition) is 0. The quantitative estimate of drug-likeness (QED) is 0.838. The highest BCUT2D eigenvalue weighted by Crippen LogP contribution is 2.33. The van der Waals surface area contributed by atoms with Gasteiger partial charge in [-0.1, -0.05) is 0 Å². The Hall–Kier alpha value is -1.85. The van der Waals surface area contributed by atoms with Crippen molar-refractivity contribution in [3.05, 3.63) is 17.1 Å². The minimum absolute atomic E-state index is 0.277. The molecule has 6 heteroatoms. The standard InChI is InChI=1S/C15H21N3O3/c1-9-16-12-8-18(14(19)21-15(2,3)4)7-11(12)13(17-9)20-10-5-6-10/h10H,5-8H2,1-4H3. The van der Waals surface area contributed by atoms with Crippen molar-refractivity contribution in [1.29, 1.82) is 0 Å². The molecule has 1 saturated carbocycles. The van der Waals surface area contributed by atoms with Crippen molar-refractivity contribution in [2.45, 2.75) is 65.3 Å². The fraction of sp³-hybridized carbons (Fsp3) is 0.667. The number of fused-ring (bicyclic) bond motifs is 1. The molecule has 0 bridgehead atoms. The molecule has 21 heavy (non-hydrogen) atoms. The molecule has 0 radical (unpaired) electrons. The minimum Gasteiger partial charge on any atom is -0.474 e. The highest BCUT2D eigenvalue weighted by Gasteiger charge is 2.33. The minimum atomic E-state index is -0.499. The first kappa shape index (κ1) is 14.1. The Kier molecular flexibility index (Phi) is 3.26. The molecule has 6 nitrogen and oxygen atoms in total. The zero-order valence-electron chi connectivity index (χ0n) is 13.0. The average molecular weight is 291 g/mol. The lowest BCUT2D eigenvalue weighted by atomic mass is 10.2. The van der Waals surface area contributed by atoms with E-state index < -0.39 is 5.60 Å². The molecule has 1 aliphatic carbocycles. The van der Waals surface area contributed by atoms with E-state index in [9.17, 15) is 4.79 Å². The summed E-state index contributed by atoms with van der Waals surface area (Å²) in [6.07, 6.45) is 2.11. The van der Waals surface area contributed by atoms with Gasteiger partial charge in [-0.05, 0) is 40.5 Å². The molecule has 1 aliphatic heterocycles. The molecule has 0 spiro atoms. The van der Waals surface area contributed by atoms with Crippen LogP contribution in [0, 0.1) is 6.92 Å². The molecule has 114 valence electrons. The van der Waals surface area contributed by atoms with Gasteiger partial charge in [0.2, 0.25) is 5.88 Å². The van der Waals surface area contributed by atoms with E-state index in [1.807, 2.05) is 27.7 Å². The van der Waals surface area contributed by atoms with E-state index in [4.69, 9.17) is 9.47 Å². The average Bonchev–Trinajstić information content (AvgIpc) is 3.03. The molecular formula is C15H21N3O3. The largest absolute Gasteiger partial charge is 0.474 e. The second-order valence-corrected chi connectivity index (χ2v) is 6.65. The normalized spacial score (nSPS) is 17.6. The molecule has 1 amide bonds. The van der Waals surface area contributed by atoms with Crippen LogP contribution in [-0.2, 0) is 17.8 Å². The van der Waals surface area contributed by atoms with Crippen LogP contribution in [0.5, 0.6) is 5.88 Å². The molecule has 0 aromatic carbocycles. The van der Waals surface area contributed by atoms with Gasteiger partial charge in [0.25, 0.3) is 0 Å². The maximum Gasteiger partial charge on any atom is 0.410 e. The topological polar surface area (TPSA) is 64.6 Å². The number of carbonyl (C=O) groups excluding carboxylic acids is 1. The van der Waals surface area contributed by atoms with Crippen molar-refractivity contribution >= 4 is 6.09 Å². The van der Waals surface area contributed by atoms with E-state index in [-0.39, 0.29) is 12.2 Å². The molecule has 2 heterocycles. The zero-order chi connectivity index (χ0) is 15.2. The number of aromatic nitrogens is 2. The van der Waals surface area contributed by atoms with Gasteiger partial charge in [0.1, 0.15) is 17.5 Å². The molecule has 1 aromatic rings. The molecule has 0 saturated heterocycles. The van der Waals surface area contributed by atoms with Crippen molar-refractivity contribution in [2.24, 2.45) is 0 Å². The Bertz CT molecular complexity index is 576. The fourth-order valence-electron chi connectivity index (χ4n) is 2.24. The summed E-state index contributed by atoms with van der Waals surface area (Å²) in [5.41, 5.74) is 1.28. The van der Waals surface area contributed by atoms with E-state index in [1.165, 1.54) is 0 Å². The second-order valence-electron chi connectivity index (χ2n) is 6.65. The van der Waals surface area contributed by atoms with Crippen LogP contribution in [0.15, 0.2) is 0 Å². The molecule has 1 aromatic heterocycles. The molecule has 2 aliphatic rings. The number of ether oxygens (including phenoxy) is 2. The smallest absolute Gasteiger partial charge is 0.410 e. The third-order valence-corrected chi connectivity index (χ3v) is 3.31. The van der Waals surface area contributed by atoms with Crippen molar-refractivity contribution in [3.63, 3.8) is 0 Å². The number of amides is 1. The van der Waals surface area contributed by atoms with E-state index >= 15 is 0 Å². The molecular weight excluding hydrogens is 270 g/mol. The Morgan fingerprint density at radius 3 is 2.57 bits per heavy atom. The number of carbonyl (C=O) groups is 1. The third kappa shape index (κ3) is 3.25. The first-order chi connectivity index (χ1) is 9.82. The first-order valence-corrected chi connectivity index (χ1v) is 7.33. The summed E-state index contributed by atoms with van der Waals surface area (Å²) >= 11 is 0. The summed E-state index contributed by atoms with van der Waals surface area (Å²) in [6, 6.07) is 0. The van der Waals surface area contributed by atoms with Crippen LogP contribution >= 0.6 is 0 Å².